The van der Waals surface area contributed by atoms with Gasteiger partial charge in [-0.1, -0.05) is 28.7 Å². The zero-order valence-corrected chi connectivity index (χ0v) is 11.0. The van der Waals surface area contributed by atoms with E-state index in [0.29, 0.717) is 0 Å². The Hall–Kier alpha value is -0.250. The maximum absolute atomic E-state index is 5.17. The van der Waals surface area contributed by atoms with Gasteiger partial charge in [0.1, 0.15) is 5.75 Å². The van der Waals surface area contributed by atoms with Crippen molar-refractivity contribution in [2.75, 3.05) is 11.5 Å². The lowest BCUT2D eigenvalue weighted by molar-refractivity contribution is 0.414. The lowest BCUT2D eigenvalue weighted by Crippen LogP contribution is -1.92. The fraction of sp³-hybridized carbons (Fsp3) is 0.500. The van der Waals surface area contributed by atoms with Gasteiger partial charge in [0.25, 0.3) is 0 Å². The molecular weight excluding hydrogens is 287 g/mol. The number of unbranched alkanes of at least 4 members (excludes halogenated alkanes) is 1. The van der Waals surface area contributed by atoms with Crippen LogP contribution in [0.3, 0.4) is 0 Å². The van der Waals surface area contributed by atoms with Gasteiger partial charge in [-0.15, -0.1) is 0 Å². The minimum Gasteiger partial charge on any atom is -0.497 e. The molecule has 14 heavy (non-hydrogen) atoms. The first-order chi connectivity index (χ1) is 6.77. The summed E-state index contributed by atoms with van der Waals surface area (Å²) in [5.41, 5.74) is 2.80. The Labute approximate surface area is 100.0 Å². The average Bonchev–Trinajstić information content (AvgIpc) is 2.20. The Morgan fingerprint density at radius 1 is 1.29 bits per heavy atom. The SMILES string of the molecule is COc1ccc(CCCCI)c(C)c1. The quantitative estimate of drug-likeness (QED) is 0.457. The summed E-state index contributed by atoms with van der Waals surface area (Å²) in [6, 6.07) is 6.34. The molecular formula is C12H17IO. The Bertz CT molecular complexity index is 284. The van der Waals surface area contributed by atoms with Crippen LogP contribution in [-0.4, -0.2) is 11.5 Å². The van der Waals surface area contributed by atoms with E-state index < -0.39 is 0 Å². The molecule has 0 aromatic heterocycles. The molecule has 0 heterocycles. The smallest absolute Gasteiger partial charge is 0.119 e. The van der Waals surface area contributed by atoms with E-state index in [1.165, 1.54) is 34.8 Å². The standard InChI is InChI=1S/C12H17IO/c1-10-9-12(14-2)7-6-11(10)5-3-4-8-13/h6-7,9H,3-5,8H2,1-2H3. The van der Waals surface area contributed by atoms with Crippen molar-refractivity contribution in [2.24, 2.45) is 0 Å². The van der Waals surface area contributed by atoms with E-state index in [0.717, 1.165) is 5.75 Å². The molecule has 0 saturated heterocycles. The van der Waals surface area contributed by atoms with E-state index in [-0.39, 0.29) is 0 Å². The van der Waals surface area contributed by atoms with Crippen LogP contribution in [0.1, 0.15) is 24.0 Å². The van der Waals surface area contributed by atoms with Crippen molar-refractivity contribution < 1.29 is 4.74 Å². The molecule has 0 aliphatic carbocycles. The maximum atomic E-state index is 5.17. The van der Waals surface area contributed by atoms with Crippen LogP contribution in [0, 0.1) is 6.92 Å². The van der Waals surface area contributed by atoms with Crippen LogP contribution in [0.4, 0.5) is 0 Å². The van der Waals surface area contributed by atoms with Crippen LogP contribution in [-0.2, 0) is 6.42 Å². The summed E-state index contributed by atoms with van der Waals surface area (Å²) in [5.74, 6) is 0.958. The molecule has 0 aliphatic heterocycles. The van der Waals surface area contributed by atoms with Crippen molar-refractivity contribution >= 4 is 22.6 Å². The van der Waals surface area contributed by atoms with Gasteiger partial charge in [-0.25, -0.2) is 0 Å². The largest absolute Gasteiger partial charge is 0.497 e. The summed E-state index contributed by atoms with van der Waals surface area (Å²) in [7, 11) is 1.71. The van der Waals surface area contributed by atoms with Gasteiger partial charge in [0.2, 0.25) is 0 Å². The third-order valence-electron chi connectivity index (χ3n) is 2.38. The van der Waals surface area contributed by atoms with E-state index in [1.807, 2.05) is 6.07 Å². The molecule has 0 atom stereocenters. The Kier molecular flexibility index (Phi) is 5.30. The number of benzene rings is 1. The number of methoxy groups -OCH3 is 1. The van der Waals surface area contributed by atoms with E-state index in [9.17, 15) is 0 Å². The zero-order chi connectivity index (χ0) is 10.4. The molecule has 0 amide bonds. The highest BCUT2D eigenvalue weighted by molar-refractivity contribution is 14.1. The van der Waals surface area contributed by atoms with Gasteiger partial charge >= 0.3 is 0 Å². The van der Waals surface area contributed by atoms with Crippen LogP contribution in [0.2, 0.25) is 0 Å². The second-order valence-electron chi connectivity index (χ2n) is 3.44. The molecule has 0 spiro atoms. The zero-order valence-electron chi connectivity index (χ0n) is 8.85. The van der Waals surface area contributed by atoms with E-state index >= 15 is 0 Å². The topological polar surface area (TPSA) is 9.23 Å². The summed E-state index contributed by atoms with van der Waals surface area (Å²) < 4.78 is 6.43. The average molecular weight is 304 g/mol. The lowest BCUT2D eigenvalue weighted by atomic mass is 10.0. The van der Waals surface area contributed by atoms with Crippen LogP contribution < -0.4 is 4.74 Å². The molecule has 0 aliphatic rings. The van der Waals surface area contributed by atoms with Gasteiger partial charge in [-0.05, 0) is 53.9 Å². The first-order valence-electron chi connectivity index (χ1n) is 4.97. The number of hydrogen-bond donors (Lipinski definition) is 0. The third kappa shape index (κ3) is 3.48. The molecule has 78 valence electrons. The number of aryl methyl sites for hydroxylation is 2. The number of hydrogen-bond acceptors (Lipinski definition) is 1. The Morgan fingerprint density at radius 2 is 2.07 bits per heavy atom. The summed E-state index contributed by atoms with van der Waals surface area (Å²) in [4.78, 5) is 0. The molecule has 0 bridgehead atoms. The van der Waals surface area contributed by atoms with E-state index in [2.05, 4.69) is 41.6 Å². The van der Waals surface area contributed by atoms with Crippen LogP contribution in [0.25, 0.3) is 0 Å². The van der Waals surface area contributed by atoms with Gasteiger partial charge < -0.3 is 4.74 Å². The molecule has 2 heteroatoms. The minimum atomic E-state index is 0.958. The molecule has 0 unspecified atom stereocenters. The molecule has 0 N–H and O–H groups in total. The van der Waals surface area contributed by atoms with Gasteiger partial charge in [-0.2, -0.15) is 0 Å². The first kappa shape index (κ1) is 11.8. The van der Waals surface area contributed by atoms with Crippen molar-refractivity contribution in [1.82, 2.24) is 0 Å². The van der Waals surface area contributed by atoms with Crippen LogP contribution >= 0.6 is 22.6 Å². The predicted octanol–water partition coefficient (Wildman–Crippen LogP) is 3.76. The third-order valence-corrected chi connectivity index (χ3v) is 3.14. The fourth-order valence-electron chi connectivity index (χ4n) is 1.49. The maximum Gasteiger partial charge on any atom is 0.119 e. The lowest BCUT2D eigenvalue weighted by Gasteiger charge is -2.07. The van der Waals surface area contributed by atoms with Gasteiger partial charge in [0.05, 0.1) is 7.11 Å². The van der Waals surface area contributed by atoms with Crippen LogP contribution in [0.15, 0.2) is 18.2 Å². The predicted molar refractivity (Wildman–Crippen MR) is 69.6 cm³/mol. The summed E-state index contributed by atoms with van der Waals surface area (Å²) in [5, 5.41) is 0. The molecule has 1 rings (SSSR count). The van der Waals surface area contributed by atoms with E-state index in [4.69, 9.17) is 4.74 Å². The van der Waals surface area contributed by atoms with Crippen molar-refractivity contribution in [3.8, 4) is 5.75 Å². The minimum absolute atomic E-state index is 0.958. The summed E-state index contributed by atoms with van der Waals surface area (Å²) in [6.07, 6.45) is 3.79. The number of halogens is 1. The van der Waals surface area contributed by atoms with E-state index in [1.54, 1.807) is 7.11 Å². The Balaban J connectivity index is 2.59. The molecule has 0 saturated carbocycles. The highest BCUT2D eigenvalue weighted by atomic mass is 127. The van der Waals surface area contributed by atoms with Crippen molar-refractivity contribution in [1.29, 1.82) is 0 Å². The fourth-order valence-corrected chi connectivity index (χ4v) is 2.03. The molecule has 1 nitrogen and oxygen atoms in total. The molecule has 1 aromatic carbocycles. The number of rotatable bonds is 5. The summed E-state index contributed by atoms with van der Waals surface area (Å²) >= 11 is 2.43. The second-order valence-corrected chi connectivity index (χ2v) is 4.52. The van der Waals surface area contributed by atoms with Crippen LogP contribution in [0.5, 0.6) is 5.75 Å². The number of ether oxygens (including phenoxy) is 1. The summed E-state index contributed by atoms with van der Waals surface area (Å²) in [6.45, 7) is 2.15. The second kappa shape index (κ2) is 6.27. The number of alkyl halides is 1. The van der Waals surface area contributed by atoms with Crippen molar-refractivity contribution in [3.05, 3.63) is 29.3 Å². The van der Waals surface area contributed by atoms with Crippen molar-refractivity contribution in [3.63, 3.8) is 0 Å². The van der Waals surface area contributed by atoms with Crippen molar-refractivity contribution in [2.45, 2.75) is 26.2 Å². The van der Waals surface area contributed by atoms with Gasteiger partial charge in [0, 0.05) is 0 Å². The highest BCUT2D eigenvalue weighted by Crippen LogP contribution is 2.18. The normalized spacial score (nSPS) is 10.2. The Morgan fingerprint density at radius 3 is 2.64 bits per heavy atom. The molecule has 0 fully saturated rings. The highest BCUT2D eigenvalue weighted by Gasteiger charge is 1.99. The van der Waals surface area contributed by atoms with Gasteiger partial charge in [-0.3, -0.25) is 0 Å². The molecule has 1 aromatic rings. The van der Waals surface area contributed by atoms with Gasteiger partial charge in [0.15, 0.2) is 0 Å². The first-order valence-corrected chi connectivity index (χ1v) is 6.50. The monoisotopic (exact) mass is 304 g/mol. The molecule has 0 radical (unpaired) electrons.